The highest BCUT2D eigenvalue weighted by Gasteiger charge is 2.19. The Bertz CT molecular complexity index is 5900. The fourth-order valence-electron chi connectivity index (χ4n) is 13.5. The molecule has 460 valence electrons. The van der Waals surface area contributed by atoms with Crippen molar-refractivity contribution in [1.82, 2.24) is 39.9 Å². The summed E-state index contributed by atoms with van der Waals surface area (Å²) in [6, 6.07) is 87.0. The summed E-state index contributed by atoms with van der Waals surface area (Å²) >= 11 is 3.20. The van der Waals surface area contributed by atoms with Crippen LogP contribution in [-0.4, -0.2) is 39.9 Å². The van der Waals surface area contributed by atoms with Gasteiger partial charge in [0.05, 0.1) is 23.8 Å². The summed E-state index contributed by atoms with van der Waals surface area (Å²) in [6.07, 6.45) is 17.7. The highest BCUT2D eigenvalue weighted by molar-refractivity contribution is 7.13. The molecule has 19 aromatic rings. The normalized spacial score (nSPS) is 11.5. The van der Waals surface area contributed by atoms with Crippen molar-refractivity contribution in [3.63, 3.8) is 0 Å². The Labute approximate surface area is 570 Å². The van der Waals surface area contributed by atoms with Crippen LogP contribution < -0.4 is 0 Å². The molecular weight excluding hydrogens is 1240 g/mol. The molecule has 0 spiro atoms. The van der Waals surface area contributed by atoms with Gasteiger partial charge in [-0.15, -0.1) is 22.7 Å². The lowest BCUT2D eigenvalue weighted by molar-refractivity contribution is 0.572. The minimum atomic E-state index is 0.505. The Morgan fingerprint density at radius 1 is 0.214 bits per heavy atom. The molecule has 0 fully saturated rings. The second-order valence-corrected chi connectivity index (χ2v) is 25.7. The Morgan fingerprint density at radius 3 is 0.816 bits per heavy atom. The molecule has 11 aromatic carbocycles. The summed E-state index contributed by atoms with van der Waals surface area (Å²) in [7, 11) is 0. The van der Waals surface area contributed by atoms with Crippen molar-refractivity contribution in [2.45, 2.75) is 0 Å². The van der Waals surface area contributed by atoms with Crippen LogP contribution in [0.25, 0.3) is 187 Å². The van der Waals surface area contributed by atoms with Crippen LogP contribution in [0.15, 0.2) is 324 Å². The summed E-state index contributed by atoms with van der Waals surface area (Å²) in [4.78, 5) is 36.2. The molecule has 8 heterocycles. The molecule has 0 unspecified atom stereocenters. The van der Waals surface area contributed by atoms with Gasteiger partial charge in [0.2, 0.25) is 11.8 Å². The quantitative estimate of drug-likeness (QED) is 0.115. The van der Waals surface area contributed by atoms with Crippen LogP contribution >= 0.6 is 22.7 Å². The van der Waals surface area contributed by atoms with E-state index in [1.165, 1.54) is 98.0 Å². The summed E-state index contributed by atoms with van der Waals surface area (Å²) in [5.74, 6) is 1.01. The van der Waals surface area contributed by atoms with Gasteiger partial charge in [-0.3, -0.25) is 19.9 Å². The van der Waals surface area contributed by atoms with Crippen LogP contribution in [0.3, 0.4) is 0 Å². The Morgan fingerprint density at radius 2 is 0.510 bits per heavy atom. The maximum absolute atomic E-state index is 5.47. The zero-order valence-corrected chi connectivity index (χ0v) is 53.9. The zero-order valence-electron chi connectivity index (χ0n) is 52.2. The first-order valence-corrected chi connectivity index (χ1v) is 33.8. The number of nitrogens with zero attached hydrogens (tertiary/aromatic N) is 8. The van der Waals surface area contributed by atoms with Crippen molar-refractivity contribution < 1.29 is 8.83 Å². The van der Waals surface area contributed by atoms with Crippen LogP contribution in [-0.2, 0) is 0 Å². The van der Waals surface area contributed by atoms with Crippen LogP contribution in [0.2, 0.25) is 0 Å². The molecule has 0 aliphatic carbocycles. The van der Waals surface area contributed by atoms with Crippen LogP contribution in [0.1, 0.15) is 0 Å². The van der Waals surface area contributed by atoms with E-state index >= 15 is 0 Å². The summed E-state index contributed by atoms with van der Waals surface area (Å²) in [6.45, 7) is 0. The van der Waals surface area contributed by atoms with E-state index in [0.717, 1.165) is 65.9 Å². The van der Waals surface area contributed by atoms with Crippen molar-refractivity contribution in [3.8, 4) is 122 Å². The number of thiazole rings is 2. The number of hydrogen-bond donors (Lipinski definition) is 0. The SMILES string of the molecule is c1ccc(-c2cc3c4cc(-c5ccc(-c6ncco6)nc5)ccc4c4ccc(-c5ccc(-c6ncco6)nc5)cc4c3cc2-c2ccccc2)cc1.c1ccc(-c2ccc3c4cc(-c5ccc(-c6nccs6)nc5)ccc4c4ccc(-c5ccc(-c6nccs6)nc5)cc4c3c2)cc1. The van der Waals surface area contributed by atoms with E-state index in [9.17, 15) is 0 Å². The summed E-state index contributed by atoms with van der Waals surface area (Å²) in [5.41, 5.74) is 19.0. The molecule has 0 saturated carbocycles. The summed E-state index contributed by atoms with van der Waals surface area (Å²) < 4.78 is 10.9. The van der Waals surface area contributed by atoms with E-state index in [4.69, 9.17) is 18.8 Å². The number of hydrogen-bond acceptors (Lipinski definition) is 12. The average molecular weight is 1290 g/mol. The average Bonchev–Trinajstić information content (AvgIpc) is 1.08. The third-order valence-corrected chi connectivity index (χ3v) is 19.9. The Balaban J connectivity index is 0.000000143. The number of rotatable bonds is 11. The maximum atomic E-state index is 5.47. The maximum Gasteiger partial charge on any atom is 0.244 e. The number of aromatic nitrogens is 8. The molecule has 0 amide bonds. The molecule has 0 radical (unpaired) electrons. The summed E-state index contributed by atoms with van der Waals surface area (Å²) in [5, 5.41) is 20.3. The molecule has 8 aromatic heterocycles. The van der Waals surface area contributed by atoms with Gasteiger partial charge >= 0.3 is 0 Å². The lowest BCUT2D eigenvalue weighted by Gasteiger charge is -2.18. The standard InChI is InChI=1S/C46H28N4O2.C40H24N4S2/c1-3-7-29(8-4-1)37-25-41-39-23-31(33-13-17-43(49-27-33)45-47-19-21-51-45)11-15-35(39)36-16-12-32(34-14-18-44(50-28-34)46-48-20-22-52-46)24-40(36)42(41)26-38(37)30-9-5-2-6-10-30;1-2-4-25(5-3-1)26-6-13-33-34-21-27(29-9-14-37(43-23-29)39-41-16-18-45-39)7-11-31(34)32-12-8-28(22-35(32)36(33)20-26)30-10-15-38(44-24-30)40-42-17-19-46-40/h1-28H;1-24H. The third kappa shape index (κ3) is 10.8. The van der Waals surface area contributed by atoms with Crippen molar-refractivity contribution in [1.29, 1.82) is 0 Å². The fraction of sp³-hybridized carbons (Fsp3) is 0. The second kappa shape index (κ2) is 24.9. The molecular formula is C86H52N8O2S2. The first-order valence-electron chi connectivity index (χ1n) is 32.1. The molecule has 0 aliphatic rings. The number of pyridine rings is 4. The molecule has 0 atom stereocenters. The van der Waals surface area contributed by atoms with E-state index in [1.54, 1.807) is 47.6 Å². The van der Waals surface area contributed by atoms with E-state index in [-0.39, 0.29) is 0 Å². The molecule has 98 heavy (non-hydrogen) atoms. The minimum Gasteiger partial charge on any atom is -0.443 e. The number of fused-ring (bicyclic) bond motifs is 12. The minimum absolute atomic E-state index is 0.505. The van der Waals surface area contributed by atoms with Gasteiger partial charge in [-0.25, -0.2) is 19.9 Å². The predicted molar refractivity (Wildman–Crippen MR) is 400 cm³/mol. The fourth-order valence-corrected chi connectivity index (χ4v) is 14.7. The molecule has 0 saturated heterocycles. The Kier molecular flexibility index (Phi) is 14.7. The molecule has 19 rings (SSSR count). The van der Waals surface area contributed by atoms with E-state index < -0.39 is 0 Å². The van der Waals surface area contributed by atoms with E-state index in [0.29, 0.717) is 23.2 Å². The third-order valence-electron chi connectivity index (χ3n) is 18.3. The lowest BCUT2D eigenvalue weighted by Crippen LogP contribution is -1.91. The van der Waals surface area contributed by atoms with Crippen molar-refractivity contribution in [2.75, 3.05) is 0 Å². The van der Waals surface area contributed by atoms with Crippen molar-refractivity contribution in [3.05, 3.63) is 316 Å². The van der Waals surface area contributed by atoms with Gasteiger partial charge < -0.3 is 8.83 Å². The van der Waals surface area contributed by atoms with E-state index in [2.05, 4.69) is 260 Å². The van der Waals surface area contributed by atoms with Crippen LogP contribution in [0.5, 0.6) is 0 Å². The van der Waals surface area contributed by atoms with Gasteiger partial charge in [-0.1, -0.05) is 176 Å². The smallest absolute Gasteiger partial charge is 0.244 e. The molecule has 12 heteroatoms. The van der Waals surface area contributed by atoms with Gasteiger partial charge in [0.15, 0.2) is 0 Å². The molecule has 0 bridgehead atoms. The Hall–Kier alpha value is -12.7. The highest BCUT2D eigenvalue weighted by Crippen LogP contribution is 2.46. The van der Waals surface area contributed by atoms with E-state index in [1.807, 2.05) is 60.1 Å². The van der Waals surface area contributed by atoms with Gasteiger partial charge in [0.1, 0.15) is 33.9 Å². The van der Waals surface area contributed by atoms with Gasteiger partial charge in [0.25, 0.3) is 0 Å². The van der Waals surface area contributed by atoms with Crippen LogP contribution in [0, 0.1) is 0 Å². The largest absolute Gasteiger partial charge is 0.443 e. The van der Waals surface area contributed by atoms with Crippen LogP contribution in [0.4, 0.5) is 0 Å². The number of oxazole rings is 2. The molecule has 0 N–H and O–H groups in total. The molecule has 0 aliphatic heterocycles. The zero-order chi connectivity index (χ0) is 64.9. The highest BCUT2D eigenvalue weighted by atomic mass is 32.1. The van der Waals surface area contributed by atoms with Gasteiger partial charge in [-0.2, -0.15) is 0 Å². The van der Waals surface area contributed by atoms with Crippen molar-refractivity contribution in [2.24, 2.45) is 0 Å². The monoisotopic (exact) mass is 1290 g/mol. The number of benzene rings is 11. The van der Waals surface area contributed by atoms with Crippen molar-refractivity contribution >= 4 is 87.3 Å². The van der Waals surface area contributed by atoms with Gasteiger partial charge in [0, 0.05) is 70.2 Å². The first kappa shape index (κ1) is 57.9. The second-order valence-electron chi connectivity index (χ2n) is 23.9. The lowest BCUT2D eigenvalue weighted by atomic mass is 9.86. The predicted octanol–water partition coefficient (Wildman–Crippen LogP) is 23.1. The topological polar surface area (TPSA) is 129 Å². The molecule has 10 nitrogen and oxygen atoms in total. The van der Waals surface area contributed by atoms with Gasteiger partial charge in [-0.05, 0) is 187 Å². The first-order chi connectivity index (χ1) is 48.5.